The lowest BCUT2D eigenvalue weighted by Gasteiger charge is -2.00. The van der Waals surface area contributed by atoms with Gasteiger partial charge in [-0.15, -0.1) is 0 Å². The van der Waals surface area contributed by atoms with Crippen LogP contribution in [0.4, 0.5) is 5.69 Å². The second kappa shape index (κ2) is 2.64. The number of hydrogen-bond acceptors (Lipinski definition) is 2. The summed E-state index contributed by atoms with van der Waals surface area (Å²) in [6, 6.07) is 3.25. The number of carbonyl (C=O) groups is 1. The van der Waals surface area contributed by atoms with Gasteiger partial charge < -0.3 is 5.32 Å². The second-order valence-electron chi connectivity index (χ2n) is 2.59. The topological polar surface area (TPSA) is 29.1 Å². The van der Waals surface area contributed by atoms with E-state index in [1.165, 1.54) is 0 Å². The van der Waals surface area contributed by atoms with Crippen LogP contribution in [0.2, 0.25) is 10.0 Å². The Balaban J connectivity index is 2.68. The van der Waals surface area contributed by atoms with Gasteiger partial charge in [0.25, 0.3) is 0 Å². The van der Waals surface area contributed by atoms with Gasteiger partial charge in [-0.05, 0) is 12.1 Å². The molecule has 2 nitrogen and oxygen atoms in total. The Morgan fingerprint density at radius 3 is 2.83 bits per heavy atom. The van der Waals surface area contributed by atoms with Crippen molar-refractivity contribution < 1.29 is 4.79 Å². The number of rotatable bonds is 0. The normalized spacial score (nSPS) is 14.3. The summed E-state index contributed by atoms with van der Waals surface area (Å²) < 4.78 is 0. The molecule has 0 fully saturated rings. The van der Waals surface area contributed by atoms with Gasteiger partial charge in [-0.25, -0.2) is 0 Å². The van der Waals surface area contributed by atoms with Crippen LogP contribution in [0.15, 0.2) is 12.1 Å². The van der Waals surface area contributed by atoms with Crippen LogP contribution in [-0.4, -0.2) is 12.3 Å². The van der Waals surface area contributed by atoms with Gasteiger partial charge in [-0.3, -0.25) is 4.79 Å². The van der Waals surface area contributed by atoms with Crippen molar-refractivity contribution in [2.24, 2.45) is 0 Å². The highest BCUT2D eigenvalue weighted by Gasteiger charge is 2.21. The average Bonchev–Trinajstić information content (AvgIpc) is 2.33. The van der Waals surface area contributed by atoms with Crippen molar-refractivity contribution in [3.8, 4) is 0 Å². The van der Waals surface area contributed by atoms with Gasteiger partial charge >= 0.3 is 0 Å². The van der Waals surface area contributed by atoms with Gasteiger partial charge in [-0.1, -0.05) is 23.2 Å². The number of halogens is 2. The van der Waals surface area contributed by atoms with Crippen LogP contribution >= 0.6 is 23.2 Å². The molecule has 0 spiro atoms. The first kappa shape index (κ1) is 7.90. The lowest BCUT2D eigenvalue weighted by Crippen LogP contribution is -2.00. The van der Waals surface area contributed by atoms with Gasteiger partial charge in [0, 0.05) is 10.6 Å². The molecular weight excluding hydrogens is 197 g/mol. The number of ketones is 1. The highest BCUT2D eigenvalue weighted by Crippen LogP contribution is 2.33. The summed E-state index contributed by atoms with van der Waals surface area (Å²) in [5.41, 5.74) is 1.29. The molecule has 1 aliphatic heterocycles. The van der Waals surface area contributed by atoms with E-state index in [4.69, 9.17) is 23.2 Å². The maximum Gasteiger partial charge on any atom is 0.184 e. The van der Waals surface area contributed by atoms with E-state index in [9.17, 15) is 4.79 Å². The first-order chi connectivity index (χ1) is 5.68. The zero-order chi connectivity index (χ0) is 8.72. The SMILES string of the molecule is O=C1CNc2c(Cl)cc(Cl)cc21. The number of anilines is 1. The fourth-order valence-electron chi connectivity index (χ4n) is 1.24. The summed E-state index contributed by atoms with van der Waals surface area (Å²) in [7, 11) is 0. The molecule has 0 bridgehead atoms. The lowest BCUT2D eigenvalue weighted by molar-refractivity contribution is 0.101. The maximum atomic E-state index is 11.2. The van der Waals surface area contributed by atoms with E-state index < -0.39 is 0 Å². The van der Waals surface area contributed by atoms with E-state index in [0.29, 0.717) is 27.8 Å². The Morgan fingerprint density at radius 1 is 1.33 bits per heavy atom. The zero-order valence-electron chi connectivity index (χ0n) is 6.03. The first-order valence-corrected chi connectivity index (χ1v) is 4.20. The third-order valence-electron chi connectivity index (χ3n) is 1.78. The van der Waals surface area contributed by atoms with E-state index in [2.05, 4.69) is 5.32 Å². The monoisotopic (exact) mass is 201 g/mol. The van der Waals surface area contributed by atoms with Crippen molar-refractivity contribution in [3.05, 3.63) is 27.7 Å². The Morgan fingerprint density at radius 2 is 2.08 bits per heavy atom. The Bertz CT molecular complexity index is 362. The maximum absolute atomic E-state index is 11.2. The quantitative estimate of drug-likeness (QED) is 0.700. The van der Waals surface area contributed by atoms with Gasteiger partial charge in [0.1, 0.15) is 0 Å². The number of fused-ring (bicyclic) bond motifs is 1. The number of nitrogens with one attached hydrogen (secondary N) is 1. The summed E-state index contributed by atoms with van der Waals surface area (Å²) >= 11 is 11.6. The van der Waals surface area contributed by atoms with Crippen LogP contribution in [0.5, 0.6) is 0 Å². The van der Waals surface area contributed by atoms with E-state index in [1.54, 1.807) is 12.1 Å². The summed E-state index contributed by atoms with van der Waals surface area (Å²) in [4.78, 5) is 11.2. The van der Waals surface area contributed by atoms with Crippen molar-refractivity contribution in [1.82, 2.24) is 0 Å². The number of Topliss-reactive ketones (excluding diaryl/α,β-unsaturated/α-hetero) is 1. The van der Waals surface area contributed by atoms with Gasteiger partial charge in [-0.2, -0.15) is 0 Å². The summed E-state index contributed by atoms with van der Waals surface area (Å²) in [5, 5.41) is 3.90. The van der Waals surface area contributed by atoms with Crippen LogP contribution in [0.1, 0.15) is 10.4 Å². The number of hydrogen-bond donors (Lipinski definition) is 1. The summed E-state index contributed by atoms with van der Waals surface area (Å²) in [6.45, 7) is 0.315. The summed E-state index contributed by atoms with van der Waals surface area (Å²) in [5.74, 6) is 0.0365. The molecule has 0 aromatic heterocycles. The minimum Gasteiger partial charge on any atom is -0.376 e. The first-order valence-electron chi connectivity index (χ1n) is 3.44. The minimum atomic E-state index is 0.0365. The fourth-order valence-corrected chi connectivity index (χ4v) is 1.80. The molecule has 1 heterocycles. The minimum absolute atomic E-state index is 0.0365. The number of carbonyl (C=O) groups excluding carboxylic acids is 1. The molecule has 1 aromatic carbocycles. The molecule has 0 unspecified atom stereocenters. The molecule has 2 rings (SSSR count). The molecule has 0 amide bonds. The third-order valence-corrected chi connectivity index (χ3v) is 2.30. The molecular formula is C8H5Cl2NO. The largest absolute Gasteiger partial charge is 0.376 e. The fraction of sp³-hybridized carbons (Fsp3) is 0.125. The molecule has 0 saturated carbocycles. The summed E-state index contributed by atoms with van der Waals surface area (Å²) in [6.07, 6.45) is 0. The highest BCUT2D eigenvalue weighted by atomic mass is 35.5. The van der Waals surface area contributed by atoms with Crippen LogP contribution in [0.3, 0.4) is 0 Å². The molecule has 1 aliphatic rings. The van der Waals surface area contributed by atoms with Crippen LogP contribution < -0.4 is 5.32 Å². The molecule has 4 heteroatoms. The zero-order valence-corrected chi connectivity index (χ0v) is 7.54. The van der Waals surface area contributed by atoms with Gasteiger partial charge in [0.2, 0.25) is 0 Å². The predicted molar refractivity (Wildman–Crippen MR) is 49.3 cm³/mol. The molecule has 0 aliphatic carbocycles. The van der Waals surface area contributed by atoms with Crippen LogP contribution in [-0.2, 0) is 0 Å². The van der Waals surface area contributed by atoms with Crippen molar-refractivity contribution in [1.29, 1.82) is 0 Å². The van der Waals surface area contributed by atoms with Crippen LogP contribution in [0.25, 0.3) is 0 Å². The van der Waals surface area contributed by atoms with E-state index >= 15 is 0 Å². The van der Waals surface area contributed by atoms with Crippen molar-refractivity contribution in [2.45, 2.75) is 0 Å². The van der Waals surface area contributed by atoms with Crippen LogP contribution in [0, 0.1) is 0 Å². The van der Waals surface area contributed by atoms with Crippen molar-refractivity contribution >= 4 is 34.7 Å². The highest BCUT2D eigenvalue weighted by molar-refractivity contribution is 6.38. The van der Waals surface area contributed by atoms with E-state index in [1.807, 2.05) is 0 Å². The Hall–Kier alpha value is -0.730. The van der Waals surface area contributed by atoms with Gasteiger partial charge in [0.15, 0.2) is 5.78 Å². The third kappa shape index (κ3) is 1.08. The molecule has 1 N–H and O–H groups in total. The Kier molecular flexibility index (Phi) is 1.74. The average molecular weight is 202 g/mol. The second-order valence-corrected chi connectivity index (χ2v) is 3.43. The van der Waals surface area contributed by atoms with E-state index in [0.717, 1.165) is 0 Å². The van der Waals surface area contributed by atoms with E-state index in [-0.39, 0.29) is 5.78 Å². The smallest absolute Gasteiger partial charge is 0.184 e. The molecule has 12 heavy (non-hydrogen) atoms. The Labute approximate surface area is 79.5 Å². The van der Waals surface area contributed by atoms with Crippen molar-refractivity contribution in [3.63, 3.8) is 0 Å². The molecule has 62 valence electrons. The lowest BCUT2D eigenvalue weighted by atomic mass is 10.1. The molecule has 0 atom stereocenters. The standard InChI is InChI=1S/C8H5Cl2NO/c9-4-1-5-7(12)3-11-8(5)6(10)2-4/h1-2,11H,3H2. The molecule has 0 saturated heterocycles. The molecule has 0 radical (unpaired) electrons. The van der Waals surface area contributed by atoms with Crippen molar-refractivity contribution in [2.75, 3.05) is 11.9 Å². The molecule has 1 aromatic rings. The van der Waals surface area contributed by atoms with Gasteiger partial charge in [0.05, 0.1) is 17.3 Å². The predicted octanol–water partition coefficient (Wildman–Crippen LogP) is 2.60. The number of benzene rings is 1.